The molecule has 0 spiro atoms. The van der Waals surface area contributed by atoms with E-state index < -0.39 is 0 Å². The molecule has 0 aliphatic carbocycles. The van der Waals surface area contributed by atoms with Gasteiger partial charge in [-0.3, -0.25) is 14.6 Å². The molecule has 1 amide bonds. The smallest absolute Gasteiger partial charge is 0.254 e. The maximum absolute atomic E-state index is 12.1. The van der Waals surface area contributed by atoms with Crippen molar-refractivity contribution in [2.75, 3.05) is 32.7 Å². The van der Waals surface area contributed by atoms with Gasteiger partial charge in [0.2, 0.25) is 0 Å². The average Bonchev–Trinajstić information content (AvgIpc) is 2.67. The second-order valence-corrected chi connectivity index (χ2v) is 7.86. The number of benzene rings is 2. The van der Waals surface area contributed by atoms with Crippen LogP contribution in [0.5, 0.6) is 0 Å². The van der Waals surface area contributed by atoms with Crippen LogP contribution in [0.1, 0.15) is 11.1 Å². The molecule has 1 heterocycles. The van der Waals surface area contributed by atoms with E-state index in [1.807, 2.05) is 24.3 Å². The summed E-state index contributed by atoms with van der Waals surface area (Å²) in [6.45, 7) is 4.69. The van der Waals surface area contributed by atoms with E-state index >= 15 is 0 Å². The number of rotatable bonds is 6. The highest BCUT2D eigenvalue weighted by Gasteiger charge is 2.18. The quantitative estimate of drug-likeness (QED) is 0.548. The third kappa shape index (κ3) is 6.19. The fourth-order valence-corrected chi connectivity index (χ4v) is 3.62. The molecule has 2 aromatic rings. The van der Waals surface area contributed by atoms with Crippen molar-refractivity contribution >= 4 is 46.9 Å². The van der Waals surface area contributed by atoms with Crippen LogP contribution in [-0.4, -0.2) is 54.6 Å². The Balaban J connectivity index is 1.41. The van der Waals surface area contributed by atoms with Gasteiger partial charge in [-0.2, -0.15) is 5.10 Å². The zero-order valence-electron chi connectivity index (χ0n) is 15.2. The number of carbonyl (C=O) groups excluding carboxylic acids is 1. The number of piperazine rings is 1. The molecule has 148 valence electrons. The molecule has 0 bridgehead atoms. The third-order valence-electron chi connectivity index (χ3n) is 4.53. The molecule has 0 atom stereocenters. The van der Waals surface area contributed by atoms with Crippen LogP contribution in [0.4, 0.5) is 0 Å². The molecule has 0 aromatic heterocycles. The Kier molecular flexibility index (Phi) is 7.71. The van der Waals surface area contributed by atoms with Crippen molar-refractivity contribution in [3.63, 3.8) is 0 Å². The monoisotopic (exact) mass is 438 g/mol. The fraction of sp³-hybridized carbons (Fsp3) is 0.300. The Morgan fingerprint density at radius 3 is 2.21 bits per heavy atom. The highest BCUT2D eigenvalue weighted by atomic mass is 35.5. The summed E-state index contributed by atoms with van der Waals surface area (Å²) in [5.41, 5.74) is 4.36. The highest BCUT2D eigenvalue weighted by molar-refractivity contribution is 6.38. The van der Waals surface area contributed by atoms with Crippen molar-refractivity contribution < 1.29 is 4.79 Å². The van der Waals surface area contributed by atoms with Gasteiger partial charge in [0, 0.05) is 43.3 Å². The van der Waals surface area contributed by atoms with Gasteiger partial charge in [0.05, 0.1) is 22.8 Å². The first-order chi connectivity index (χ1) is 13.5. The standard InChI is InChI=1S/C20H21Cl3N4O/c21-16-6-4-15(5-7-16)13-26-8-10-27(11-9-26)14-20(28)25-24-12-17-18(22)2-1-3-19(17)23/h1-7,12H,8-11,13-14H2,(H,25,28). The van der Waals surface area contributed by atoms with Crippen LogP contribution in [-0.2, 0) is 11.3 Å². The topological polar surface area (TPSA) is 47.9 Å². The predicted molar refractivity (Wildman–Crippen MR) is 115 cm³/mol. The van der Waals surface area contributed by atoms with Crippen molar-refractivity contribution in [2.24, 2.45) is 5.10 Å². The molecule has 8 heteroatoms. The van der Waals surface area contributed by atoms with Crippen LogP contribution >= 0.6 is 34.8 Å². The lowest BCUT2D eigenvalue weighted by atomic mass is 10.2. The minimum absolute atomic E-state index is 0.162. The number of hydrazone groups is 1. The number of halogens is 3. The lowest BCUT2D eigenvalue weighted by Crippen LogP contribution is -2.48. The van der Waals surface area contributed by atoms with E-state index in [1.54, 1.807) is 18.2 Å². The second kappa shape index (κ2) is 10.2. The van der Waals surface area contributed by atoms with Crippen molar-refractivity contribution in [1.29, 1.82) is 0 Å². The van der Waals surface area contributed by atoms with Crippen molar-refractivity contribution in [2.45, 2.75) is 6.54 Å². The molecule has 1 N–H and O–H groups in total. The maximum Gasteiger partial charge on any atom is 0.254 e. The molecule has 0 unspecified atom stereocenters. The van der Waals surface area contributed by atoms with E-state index in [2.05, 4.69) is 20.3 Å². The van der Waals surface area contributed by atoms with Gasteiger partial charge >= 0.3 is 0 Å². The zero-order chi connectivity index (χ0) is 19.9. The van der Waals surface area contributed by atoms with E-state index in [1.165, 1.54) is 11.8 Å². The van der Waals surface area contributed by atoms with Crippen LogP contribution < -0.4 is 5.43 Å². The SMILES string of the molecule is O=C(CN1CCN(Cc2ccc(Cl)cc2)CC1)NN=Cc1c(Cl)cccc1Cl. The lowest BCUT2D eigenvalue weighted by Gasteiger charge is -2.34. The average molecular weight is 440 g/mol. The summed E-state index contributed by atoms with van der Waals surface area (Å²) >= 11 is 18.1. The van der Waals surface area contributed by atoms with E-state index in [-0.39, 0.29) is 5.91 Å². The first-order valence-corrected chi connectivity index (χ1v) is 10.1. The summed E-state index contributed by atoms with van der Waals surface area (Å²) in [5, 5.41) is 5.69. The maximum atomic E-state index is 12.1. The summed E-state index contributed by atoms with van der Waals surface area (Å²) in [6, 6.07) is 13.1. The molecule has 0 saturated carbocycles. The van der Waals surface area contributed by atoms with Gasteiger partial charge in [-0.1, -0.05) is 53.0 Å². The van der Waals surface area contributed by atoms with Crippen molar-refractivity contribution in [1.82, 2.24) is 15.2 Å². The molecule has 0 radical (unpaired) electrons. The molecule has 1 aliphatic rings. The van der Waals surface area contributed by atoms with Gasteiger partial charge < -0.3 is 0 Å². The highest BCUT2D eigenvalue weighted by Crippen LogP contribution is 2.22. The van der Waals surface area contributed by atoms with E-state index in [0.717, 1.165) is 37.7 Å². The van der Waals surface area contributed by atoms with Crippen LogP contribution in [0.2, 0.25) is 15.1 Å². The Morgan fingerprint density at radius 1 is 0.964 bits per heavy atom. The molecule has 1 fully saturated rings. The normalized spacial score (nSPS) is 15.8. The van der Waals surface area contributed by atoms with E-state index in [9.17, 15) is 4.79 Å². The van der Waals surface area contributed by atoms with Gasteiger partial charge in [0.25, 0.3) is 5.91 Å². The Bertz CT molecular complexity index is 814. The van der Waals surface area contributed by atoms with Crippen LogP contribution in [0.15, 0.2) is 47.6 Å². The predicted octanol–water partition coefficient (Wildman–Crippen LogP) is 3.91. The summed E-state index contributed by atoms with van der Waals surface area (Å²) in [5.74, 6) is -0.162. The summed E-state index contributed by atoms with van der Waals surface area (Å²) in [6.07, 6.45) is 1.46. The molecular formula is C20H21Cl3N4O. The van der Waals surface area contributed by atoms with Gasteiger partial charge in [-0.25, -0.2) is 5.43 Å². The Morgan fingerprint density at radius 2 is 1.57 bits per heavy atom. The Labute approximate surface area is 179 Å². The molecule has 28 heavy (non-hydrogen) atoms. The second-order valence-electron chi connectivity index (χ2n) is 6.61. The van der Waals surface area contributed by atoms with Gasteiger partial charge in [-0.15, -0.1) is 0 Å². The van der Waals surface area contributed by atoms with Crippen molar-refractivity contribution in [3.05, 3.63) is 68.7 Å². The van der Waals surface area contributed by atoms with Gasteiger partial charge in [0.1, 0.15) is 0 Å². The molecule has 2 aromatic carbocycles. The summed E-state index contributed by atoms with van der Waals surface area (Å²) in [7, 11) is 0. The Hall–Kier alpha value is -1.63. The number of hydrogen-bond donors (Lipinski definition) is 1. The third-order valence-corrected chi connectivity index (χ3v) is 5.45. The summed E-state index contributed by atoms with van der Waals surface area (Å²) in [4.78, 5) is 16.6. The van der Waals surface area contributed by atoms with E-state index in [0.29, 0.717) is 22.2 Å². The van der Waals surface area contributed by atoms with Crippen LogP contribution in [0.25, 0.3) is 0 Å². The van der Waals surface area contributed by atoms with Gasteiger partial charge in [0.15, 0.2) is 0 Å². The fourth-order valence-electron chi connectivity index (χ4n) is 2.99. The number of nitrogens with one attached hydrogen (secondary N) is 1. The number of nitrogens with zero attached hydrogens (tertiary/aromatic N) is 3. The minimum Gasteiger partial charge on any atom is -0.297 e. The molecule has 1 saturated heterocycles. The molecular weight excluding hydrogens is 419 g/mol. The first kappa shape index (κ1) is 21.1. The van der Waals surface area contributed by atoms with E-state index in [4.69, 9.17) is 34.8 Å². The largest absolute Gasteiger partial charge is 0.297 e. The number of amides is 1. The summed E-state index contributed by atoms with van der Waals surface area (Å²) < 4.78 is 0. The number of hydrogen-bond acceptors (Lipinski definition) is 4. The lowest BCUT2D eigenvalue weighted by molar-refractivity contribution is -0.122. The molecule has 1 aliphatic heterocycles. The van der Waals surface area contributed by atoms with Crippen molar-refractivity contribution in [3.8, 4) is 0 Å². The zero-order valence-corrected chi connectivity index (χ0v) is 17.5. The minimum atomic E-state index is -0.162. The van der Waals surface area contributed by atoms with Gasteiger partial charge in [-0.05, 0) is 29.8 Å². The van der Waals surface area contributed by atoms with Crippen LogP contribution in [0.3, 0.4) is 0 Å². The number of carbonyl (C=O) groups is 1. The van der Waals surface area contributed by atoms with Crippen LogP contribution in [0, 0.1) is 0 Å². The molecule has 5 nitrogen and oxygen atoms in total. The molecule has 3 rings (SSSR count). The first-order valence-electron chi connectivity index (χ1n) is 8.96.